The lowest BCUT2D eigenvalue weighted by atomic mass is 10.1. The highest BCUT2D eigenvalue weighted by molar-refractivity contribution is 6.17. The lowest BCUT2D eigenvalue weighted by Crippen LogP contribution is -2.09. The average molecular weight is 266 g/mol. The molecule has 0 bridgehead atoms. The molecule has 1 aromatic carbocycles. The highest BCUT2D eigenvalue weighted by atomic mass is 35.5. The molecule has 0 spiro atoms. The van der Waals surface area contributed by atoms with Crippen LogP contribution in [0.2, 0.25) is 0 Å². The molecule has 2 rings (SSSR count). The Bertz CT molecular complexity index is 472. The van der Waals surface area contributed by atoms with E-state index in [1.165, 1.54) is 5.56 Å². The fraction of sp³-hybridized carbons (Fsp3) is 0.385. The minimum Gasteiger partial charge on any atom is -0.408 e. The van der Waals surface area contributed by atoms with Gasteiger partial charge >= 0.3 is 6.01 Å². The molecular formula is C13H16ClN3O. The van der Waals surface area contributed by atoms with Gasteiger partial charge in [-0.25, -0.2) is 0 Å². The maximum atomic E-state index is 5.63. The first-order chi connectivity index (χ1) is 8.83. The van der Waals surface area contributed by atoms with Gasteiger partial charge in [0.05, 0.1) is 6.04 Å². The second kappa shape index (κ2) is 6.40. The van der Waals surface area contributed by atoms with E-state index in [1.54, 1.807) is 0 Å². The van der Waals surface area contributed by atoms with Gasteiger partial charge < -0.3 is 9.73 Å². The smallest absolute Gasteiger partial charge is 0.315 e. The number of aromatic nitrogens is 2. The maximum absolute atomic E-state index is 5.63. The zero-order valence-electron chi connectivity index (χ0n) is 10.3. The van der Waals surface area contributed by atoms with Gasteiger partial charge in [-0.15, -0.1) is 16.7 Å². The van der Waals surface area contributed by atoms with Gasteiger partial charge in [-0.2, -0.15) is 0 Å². The number of alkyl halides is 1. The molecule has 96 valence electrons. The van der Waals surface area contributed by atoms with Gasteiger partial charge in [-0.1, -0.05) is 42.4 Å². The van der Waals surface area contributed by atoms with Crippen LogP contribution < -0.4 is 5.32 Å². The SMILES string of the molecule is CCC(Nc1nnc(CCCl)o1)c1ccccc1. The zero-order chi connectivity index (χ0) is 12.8. The summed E-state index contributed by atoms with van der Waals surface area (Å²) in [6, 6.07) is 10.8. The van der Waals surface area contributed by atoms with Gasteiger partial charge in [0.1, 0.15) is 0 Å². The number of rotatable bonds is 6. The summed E-state index contributed by atoms with van der Waals surface area (Å²) in [4.78, 5) is 0. The quantitative estimate of drug-likeness (QED) is 0.813. The standard InChI is InChI=1S/C13H16ClN3O/c1-2-11(10-6-4-3-5-7-10)15-13-17-16-12(18-13)8-9-14/h3-7,11H,2,8-9H2,1H3,(H,15,17). The van der Waals surface area contributed by atoms with Gasteiger partial charge in [0, 0.05) is 12.3 Å². The molecule has 5 heteroatoms. The summed E-state index contributed by atoms with van der Waals surface area (Å²) in [5, 5.41) is 11.1. The third-order valence-corrected chi connectivity index (χ3v) is 2.87. The molecule has 1 heterocycles. The lowest BCUT2D eigenvalue weighted by Gasteiger charge is -2.15. The van der Waals surface area contributed by atoms with Gasteiger partial charge in [0.15, 0.2) is 0 Å². The first-order valence-electron chi connectivity index (χ1n) is 6.03. The van der Waals surface area contributed by atoms with Gasteiger partial charge in [-0.3, -0.25) is 0 Å². The van der Waals surface area contributed by atoms with E-state index < -0.39 is 0 Å². The van der Waals surface area contributed by atoms with Crippen molar-refractivity contribution in [2.75, 3.05) is 11.2 Å². The van der Waals surface area contributed by atoms with Crippen molar-refractivity contribution in [2.24, 2.45) is 0 Å². The Hall–Kier alpha value is -1.55. The minimum atomic E-state index is 0.176. The Morgan fingerprint density at radius 1 is 1.28 bits per heavy atom. The van der Waals surface area contributed by atoms with E-state index in [-0.39, 0.29) is 6.04 Å². The molecule has 4 nitrogen and oxygen atoms in total. The van der Waals surface area contributed by atoms with Crippen LogP contribution in [0.4, 0.5) is 6.01 Å². The van der Waals surface area contributed by atoms with Gasteiger partial charge in [0.2, 0.25) is 5.89 Å². The summed E-state index contributed by atoms with van der Waals surface area (Å²) in [5.74, 6) is 1.05. The Morgan fingerprint density at radius 3 is 2.72 bits per heavy atom. The van der Waals surface area contributed by atoms with Crippen LogP contribution in [0.5, 0.6) is 0 Å². The summed E-state index contributed by atoms with van der Waals surface area (Å²) >= 11 is 5.63. The first-order valence-corrected chi connectivity index (χ1v) is 6.56. The molecule has 0 aliphatic carbocycles. The van der Waals surface area contributed by atoms with E-state index in [4.69, 9.17) is 16.0 Å². The molecule has 0 amide bonds. The van der Waals surface area contributed by atoms with Crippen LogP contribution in [0.25, 0.3) is 0 Å². The first kappa shape index (κ1) is 12.9. The van der Waals surface area contributed by atoms with Crippen LogP contribution in [0.15, 0.2) is 34.7 Å². The Kier molecular flexibility index (Phi) is 4.59. The number of hydrogen-bond donors (Lipinski definition) is 1. The predicted octanol–water partition coefficient (Wildman–Crippen LogP) is 3.41. The Morgan fingerprint density at radius 2 is 2.06 bits per heavy atom. The van der Waals surface area contributed by atoms with E-state index in [2.05, 4.69) is 34.6 Å². The van der Waals surface area contributed by atoms with Crippen molar-refractivity contribution < 1.29 is 4.42 Å². The maximum Gasteiger partial charge on any atom is 0.315 e. The fourth-order valence-electron chi connectivity index (χ4n) is 1.75. The third-order valence-electron chi connectivity index (χ3n) is 2.68. The zero-order valence-corrected chi connectivity index (χ0v) is 11.0. The van der Waals surface area contributed by atoms with Crippen molar-refractivity contribution >= 4 is 17.6 Å². The lowest BCUT2D eigenvalue weighted by molar-refractivity contribution is 0.504. The number of halogens is 1. The van der Waals surface area contributed by atoms with Crippen LogP contribution in [0, 0.1) is 0 Å². The molecule has 0 saturated carbocycles. The van der Waals surface area contributed by atoms with E-state index in [0.717, 1.165) is 6.42 Å². The molecule has 0 aliphatic heterocycles. The minimum absolute atomic E-state index is 0.176. The number of nitrogens with one attached hydrogen (secondary N) is 1. The predicted molar refractivity (Wildman–Crippen MR) is 71.8 cm³/mol. The molecule has 2 aromatic rings. The van der Waals surface area contributed by atoms with Gasteiger partial charge in [0.25, 0.3) is 0 Å². The number of nitrogens with zero attached hydrogens (tertiary/aromatic N) is 2. The van der Waals surface area contributed by atoms with Crippen LogP contribution in [-0.4, -0.2) is 16.1 Å². The molecule has 0 radical (unpaired) electrons. The van der Waals surface area contributed by atoms with E-state index in [0.29, 0.717) is 24.2 Å². The summed E-state index contributed by atoms with van der Waals surface area (Å²) in [5.41, 5.74) is 1.21. The van der Waals surface area contributed by atoms with Crippen LogP contribution >= 0.6 is 11.6 Å². The summed E-state index contributed by atoms with van der Waals surface area (Å²) in [7, 11) is 0. The van der Waals surface area contributed by atoms with Gasteiger partial charge in [-0.05, 0) is 12.0 Å². The molecule has 18 heavy (non-hydrogen) atoms. The highest BCUT2D eigenvalue weighted by Crippen LogP contribution is 2.21. The van der Waals surface area contributed by atoms with E-state index >= 15 is 0 Å². The van der Waals surface area contributed by atoms with Crippen molar-refractivity contribution in [1.29, 1.82) is 0 Å². The topological polar surface area (TPSA) is 51.0 Å². The average Bonchev–Trinajstić information content (AvgIpc) is 2.85. The fourth-order valence-corrected chi connectivity index (χ4v) is 1.91. The molecular weight excluding hydrogens is 250 g/mol. The van der Waals surface area contributed by atoms with Crippen molar-refractivity contribution in [3.05, 3.63) is 41.8 Å². The van der Waals surface area contributed by atoms with Crippen LogP contribution in [0.1, 0.15) is 30.8 Å². The number of benzene rings is 1. The number of aryl methyl sites for hydroxylation is 1. The summed E-state index contributed by atoms with van der Waals surface area (Å²) in [6.45, 7) is 2.11. The second-order valence-electron chi connectivity index (χ2n) is 3.96. The molecule has 0 saturated heterocycles. The van der Waals surface area contributed by atoms with Crippen LogP contribution in [0.3, 0.4) is 0 Å². The molecule has 1 atom stereocenters. The number of anilines is 1. The van der Waals surface area contributed by atoms with Crippen molar-refractivity contribution in [2.45, 2.75) is 25.8 Å². The molecule has 1 N–H and O–H groups in total. The molecule has 1 aromatic heterocycles. The third kappa shape index (κ3) is 3.23. The largest absolute Gasteiger partial charge is 0.408 e. The van der Waals surface area contributed by atoms with E-state index in [1.807, 2.05) is 18.2 Å². The highest BCUT2D eigenvalue weighted by Gasteiger charge is 2.12. The van der Waals surface area contributed by atoms with Crippen molar-refractivity contribution in [1.82, 2.24) is 10.2 Å². The Labute approximate surface area is 111 Å². The van der Waals surface area contributed by atoms with Crippen molar-refractivity contribution in [3.8, 4) is 0 Å². The normalized spacial score (nSPS) is 12.3. The molecule has 0 fully saturated rings. The second-order valence-corrected chi connectivity index (χ2v) is 4.33. The molecule has 1 unspecified atom stereocenters. The molecule has 0 aliphatic rings. The monoisotopic (exact) mass is 265 g/mol. The van der Waals surface area contributed by atoms with Crippen LogP contribution in [-0.2, 0) is 6.42 Å². The van der Waals surface area contributed by atoms with E-state index in [9.17, 15) is 0 Å². The Balaban J connectivity index is 2.06. The number of hydrogen-bond acceptors (Lipinski definition) is 4. The summed E-state index contributed by atoms with van der Waals surface area (Å²) < 4.78 is 5.46. The van der Waals surface area contributed by atoms with Crippen molar-refractivity contribution in [3.63, 3.8) is 0 Å². The summed E-state index contributed by atoms with van der Waals surface area (Å²) in [6.07, 6.45) is 1.54.